The van der Waals surface area contributed by atoms with Gasteiger partial charge in [0.1, 0.15) is 5.82 Å². The van der Waals surface area contributed by atoms with E-state index in [0.29, 0.717) is 18.7 Å². The summed E-state index contributed by atoms with van der Waals surface area (Å²) in [5.74, 6) is -1.47. The highest BCUT2D eigenvalue weighted by atomic mass is 19.1. The lowest BCUT2D eigenvalue weighted by Crippen LogP contribution is -2.31. The quantitative estimate of drug-likeness (QED) is 0.462. The third-order valence-electron chi connectivity index (χ3n) is 2.23. The predicted molar refractivity (Wildman–Crippen MR) is 71.3 cm³/mol. The van der Waals surface area contributed by atoms with Crippen LogP contribution in [0.5, 0.6) is 0 Å². The van der Waals surface area contributed by atoms with Gasteiger partial charge in [0.15, 0.2) is 6.61 Å². The van der Waals surface area contributed by atoms with Gasteiger partial charge in [0.05, 0.1) is 6.61 Å². The second-order valence-electron chi connectivity index (χ2n) is 3.84. The molecule has 6 heteroatoms. The molecule has 0 saturated carbocycles. The number of halogens is 1. The van der Waals surface area contributed by atoms with Crippen LogP contribution in [0.1, 0.15) is 5.56 Å². The van der Waals surface area contributed by atoms with Crippen molar-refractivity contribution in [2.75, 3.05) is 26.9 Å². The maximum absolute atomic E-state index is 12.9. The van der Waals surface area contributed by atoms with Gasteiger partial charge in [-0.2, -0.15) is 0 Å². The molecule has 0 aliphatic rings. The largest absolute Gasteiger partial charge is 0.452 e. The molecule has 0 saturated heterocycles. The summed E-state index contributed by atoms with van der Waals surface area (Å²) in [6, 6.07) is 5.76. The first-order chi connectivity index (χ1) is 9.61. The summed E-state index contributed by atoms with van der Waals surface area (Å²) in [7, 11) is 1.52. The minimum absolute atomic E-state index is 0.353. The summed E-state index contributed by atoms with van der Waals surface area (Å²) < 4.78 is 22.3. The van der Waals surface area contributed by atoms with Crippen molar-refractivity contribution in [2.45, 2.75) is 0 Å². The lowest BCUT2D eigenvalue weighted by molar-refractivity contribution is -0.143. The lowest BCUT2D eigenvalue weighted by Gasteiger charge is -2.04. The van der Waals surface area contributed by atoms with Gasteiger partial charge in [-0.3, -0.25) is 4.79 Å². The van der Waals surface area contributed by atoms with Crippen molar-refractivity contribution >= 4 is 18.0 Å². The molecule has 0 aliphatic carbocycles. The Labute approximate surface area is 116 Å². The molecular formula is C14H16FNO4. The fourth-order valence-electron chi connectivity index (χ4n) is 1.30. The Hall–Kier alpha value is -2.21. The molecule has 0 aromatic heterocycles. The Morgan fingerprint density at radius 1 is 1.40 bits per heavy atom. The molecule has 108 valence electrons. The summed E-state index contributed by atoms with van der Waals surface area (Å²) in [4.78, 5) is 22.6. The highest BCUT2D eigenvalue weighted by molar-refractivity contribution is 5.89. The molecule has 0 spiro atoms. The van der Waals surface area contributed by atoms with Crippen LogP contribution in [-0.2, 0) is 19.1 Å². The first kappa shape index (κ1) is 15.8. The number of carbonyl (C=O) groups excluding carboxylic acids is 2. The topological polar surface area (TPSA) is 64.6 Å². The molecule has 0 atom stereocenters. The highest BCUT2D eigenvalue weighted by Gasteiger charge is 2.04. The van der Waals surface area contributed by atoms with Gasteiger partial charge in [-0.15, -0.1) is 0 Å². The van der Waals surface area contributed by atoms with Crippen LogP contribution in [0, 0.1) is 5.82 Å². The normalized spacial score (nSPS) is 10.5. The Balaban J connectivity index is 2.31. The van der Waals surface area contributed by atoms with Gasteiger partial charge in [0, 0.05) is 19.7 Å². The van der Waals surface area contributed by atoms with Gasteiger partial charge in [-0.1, -0.05) is 12.1 Å². The van der Waals surface area contributed by atoms with Crippen LogP contribution in [0.2, 0.25) is 0 Å². The summed E-state index contributed by atoms with van der Waals surface area (Å²) >= 11 is 0. The molecule has 0 unspecified atom stereocenters. The van der Waals surface area contributed by atoms with Gasteiger partial charge in [0.25, 0.3) is 5.91 Å². The van der Waals surface area contributed by atoms with Crippen LogP contribution in [0.3, 0.4) is 0 Å². The van der Waals surface area contributed by atoms with E-state index in [1.807, 2.05) is 0 Å². The van der Waals surface area contributed by atoms with Crippen molar-refractivity contribution in [1.82, 2.24) is 5.32 Å². The fraction of sp³-hybridized carbons (Fsp3) is 0.286. The van der Waals surface area contributed by atoms with Crippen molar-refractivity contribution in [3.63, 3.8) is 0 Å². The lowest BCUT2D eigenvalue weighted by atomic mass is 10.2. The van der Waals surface area contributed by atoms with E-state index >= 15 is 0 Å². The first-order valence-corrected chi connectivity index (χ1v) is 5.98. The van der Waals surface area contributed by atoms with Crippen molar-refractivity contribution < 1.29 is 23.5 Å². The summed E-state index contributed by atoms with van der Waals surface area (Å²) in [6.07, 6.45) is 2.55. The number of hydrogen-bond donors (Lipinski definition) is 1. The zero-order chi connectivity index (χ0) is 14.8. The molecule has 1 N–H and O–H groups in total. The number of methoxy groups -OCH3 is 1. The van der Waals surface area contributed by atoms with Crippen LogP contribution < -0.4 is 5.32 Å². The van der Waals surface area contributed by atoms with Crippen LogP contribution in [-0.4, -0.2) is 38.7 Å². The number of rotatable bonds is 7. The average molecular weight is 281 g/mol. The Morgan fingerprint density at radius 3 is 2.90 bits per heavy atom. The molecule has 1 aromatic rings. The molecule has 0 radical (unpaired) electrons. The predicted octanol–water partition coefficient (Wildman–Crippen LogP) is 1.14. The monoisotopic (exact) mass is 281 g/mol. The van der Waals surface area contributed by atoms with E-state index in [9.17, 15) is 14.0 Å². The Bertz CT molecular complexity index is 488. The molecule has 1 aromatic carbocycles. The third kappa shape index (κ3) is 6.65. The third-order valence-corrected chi connectivity index (χ3v) is 2.23. The Kier molecular flexibility index (Phi) is 6.99. The van der Waals surface area contributed by atoms with Gasteiger partial charge < -0.3 is 14.8 Å². The first-order valence-electron chi connectivity index (χ1n) is 5.98. The van der Waals surface area contributed by atoms with E-state index in [-0.39, 0.29) is 6.61 Å². The van der Waals surface area contributed by atoms with Gasteiger partial charge in [-0.25, -0.2) is 9.18 Å². The van der Waals surface area contributed by atoms with Crippen molar-refractivity contribution in [3.05, 3.63) is 41.7 Å². The summed E-state index contributed by atoms with van der Waals surface area (Å²) in [6.45, 7) is 0.376. The van der Waals surface area contributed by atoms with Gasteiger partial charge in [-0.05, 0) is 23.8 Å². The molecule has 20 heavy (non-hydrogen) atoms. The minimum atomic E-state index is -0.670. The Morgan fingerprint density at radius 2 is 2.20 bits per heavy atom. The van der Waals surface area contributed by atoms with Crippen LogP contribution >= 0.6 is 0 Å². The minimum Gasteiger partial charge on any atom is -0.452 e. The standard InChI is InChI=1S/C14H16FNO4/c1-19-8-7-16-13(17)10-20-14(18)6-5-11-3-2-4-12(15)9-11/h2-6,9H,7-8,10H2,1H3,(H,16,17)/b6-5+. The second-order valence-corrected chi connectivity index (χ2v) is 3.84. The van der Waals surface area contributed by atoms with Crippen molar-refractivity contribution in [3.8, 4) is 0 Å². The van der Waals surface area contributed by atoms with E-state index in [1.165, 1.54) is 31.4 Å². The highest BCUT2D eigenvalue weighted by Crippen LogP contribution is 2.05. The maximum atomic E-state index is 12.9. The number of carbonyl (C=O) groups is 2. The molecule has 1 rings (SSSR count). The number of hydrogen-bond acceptors (Lipinski definition) is 4. The smallest absolute Gasteiger partial charge is 0.331 e. The van der Waals surface area contributed by atoms with Gasteiger partial charge >= 0.3 is 5.97 Å². The summed E-state index contributed by atoms with van der Waals surface area (Å²) in [5, 5.41) is 2.51. The zero-order valence-electron chi connectivity index (χ0n) is 11.1. The number of amides is 1. The number of benzene rings is 1. The van der Waals surface area contributed by atoms with Crippen molar-refractivity contribution in [1.29, 1.82) is 0 Å². The van der Waals surface area contributed by atoms with E-state index in [1.54, 1.807) is 6.07 Å². The molecule has 0 fully saturated rings. The van der Waals surface area contributed by atoms with E-state index in [4.69, 9.17) is 9.47 Å². The van der Waals surface area contributed by atoms with Gasteiger partial charge in [0.2, 0.25) is 0 Å². The summed E-state index contributed by atoms with van der Waals surface area (Å²) in [5.41, 5.74) is 0.534. The zero-order valence-corrected chi connectivity index (χ0v) is 11.1. The molecular weight excluding hydrogens is 265 g/mol. The molecule has 0 heterocycles. The number of nitrogens with one attached hydrogen (secondary N) is 1. The molecule has 5 nitrogen and oxygen atoms in total. The van der Waals surface area contributed by atoms with Crippen LogP contribution in [0.25, 0.3) is 6.08 Å². The fourth-order valence-corrected chi connectivity index (χ4v) is 1.30. The molecule has 0 aliphatic heterocycles. The van der Waals surface area contributed by atoms with Crippen LogP contribution in [0.4, 0.5) is 4.39 Å². The average Bonchev–Trinajstić information content (AvgIpc) is 2.43. The van der Waals surface area contributed by atoms with E-state index < -0.39 is 17.7 Å². The maximum Gasteiger partial charge on any atom is 0.331 e. The molecule has 1 amide bonds. The number of esters is 1. The second kappa shape index (κ2) is 8.82. The number of ether oxygens (including phenoxy) is 2. The van der Waals surface area contributed by atoms with E-state index in [0.717, 1.165) is 6.08 Å². The van der Waals surface area contributed by atoms with Crippen molar-refractivity contribution in [2.24, 2.45) is 0 Å². The van der Waals surface area contributed by atoms with E-state index in [2.05, 4.69) is 5.32 Å². The van der Waals surface area contributed by atoms with Crippen LogP contribution in [0.15, 0.2) is 30.3 Å². The SMILES string of the molecule is COCCNC(=O)COC(=O)/C=C/c1cccc(F)c1. The molecule has 0 bridgehead atoms.